The molecule has 0 fully saturated rings. The number of sulfonamides is 1. The van der Waals surface area contributed by atoms with E-state index in [9.17, 15) is 13.2 Å². The van der Waals surface area contributed by atoms with Gasteiger partial charge in [0.2, 0.25) is 5.91 Å². The second-order valence-electron chi connectivity index (χ2n) is 7.12. The lowest BCUT2D eigenvalue weighted by molar-refractivity contribution is -0.119. The number of nitrogens with zero attached hydrogens (tertiary/aromatic N) is 2. The van der Waals surface area contributed by atoms with E-state index in [1.165, 1.54) is 12.1 Å². The maximum atomic E-state index is 13.2. The van der Waals surface area contributed by atoms with Gasteiger partial charge in [0.25, 0.3) is 10.0 Å². The Kier molecular flexibility index (Phi) is 7.67. The fourth-order valence-corrected chi connectivity index (χ4v) is 4.61. The highest BCUT2D eigenvalue weighted by Crippen LogP contribution is 2.23. The Morgan fingerprint density at radius 1 is 0.806 bits per heavy atom. The first-order valence-electron chi connectivity index (χ1n) is 10.1. The Morgan fingerprint density at radius 3 is 1.90 bits per heavy atom. The zero-order valence-corrected chi connectivity index (χ0v) is 18.3. The van der Waals surface area contributed by atoms with Crippen molar-refractivity contribution >= 4 is 27.3 Å². The molecule has 0 heterocycles. The number of hydrogen-bond acceptors (Lipinski definition) is 4. The van der Waals surface area contributed by atoms with Crippen LogP contribution in [0.3, 0.4) is 0 Å². The van der Waals surface area contributed by atoms with Crippen LogP contribution in [0.4, 0.5) is 11.4 Å². The molecule has 0 aliphatic carbocycles. The van der Waals surface area contributed by atoms with Crippen LogP contribution in [-0.4, -0.2) is 41.0 Å². The molecule has 0 radical (unpaired) electrons. The van der Waals surface area contributed by atoms with Gasteiger partial charge < -0.3 is 10.2 Å². The van der Waals surface area contributed by atoms with Crippen LogP contribution < -0.4 is 14.5 Å². The number of para-hydroxylation sites is 2. The van der Waals surface area contributed by atoms with Crippen molar-refractivity contribution in [3.63, 3.8) is 0 Å². The molecule has 0 saturated heterocycles. The van der Waals surface area contributed by atoms with Crippen molar-refractivity contribution in [2.24, 2.45) is 0 Å². The predicted octanol–water partition coefficient (Wildman–Crippen LogP) is 3.52. The molecular formula is C24H27N3O3S. The summed E-state index contributed by atoms with van der Waals surface area (Å²) in [5.41, 5.74) is 1.56. The largest absolute Gasteiger partial charge is 0.375 e. The van der Waals surface area contributed by atoms with E-state index in [4.69, 9.17) is 0 Å². The first-order valence-corrected chi connectivity index (χ1v) is 11.6. The van der Waals surface area contributed by atoms with Crippen molar-refractivity contribution < 1.29 is 13.2 Å². The molecular weight excluding hydrogens is 410 g/mol. The van der Waals surface area contributed by atoms with Crippen molar-refractivity contribution in [1.82, 2.24) is 5.32 Å². The summed E-state index contributed by atoms with van der Waals surface area (Å²) in [4.78, 5) is 14.9. The highest BCUT2D eigenvalue weighted by molar-refractivity contribution is 7.92. The summed E-state index contributed by atoms with van der Waals surface area (Å²) >= 11 is 0. The molecule has 0 atom stereocenters. The van der Waals surface area contributed by atoms with Crippen molar-refractivity contribution in [3.05, 3.63) is 91.0 Å². The number of rotatable bonds is 10. The van der Waals surface area contributed by atoms with Gasteiger partial charge in [-0.3, -0.25) is 9.10 Å². The second kappa shape index (κ2) is 10.6. The van der Waals surface area contributed by atoms with Crippen molar-refractivity contribution in [2.45, 2.75) is 11.3 Å². The van der Waals surface area contributed by atoms with Crippen molar-refractivity contribution in [2.75, 3.05) is 35.9 Å². The number of anilines is 2. The highest BCUT2D eigenvalue weighted by Gasteiger charge is 2.26. The number of carbonyl (C=O) groups excluding carboxylic acids is 1. The number of carbonyl (C=O) groups is 1. The third kappa shape index (κ3) is 6.08. The first kappa shape index (κ1) is 22.4. The summed E-state index contributed by atoms with van der Waals surface area (Å²) in [7, 11) is -1.86. The lowest BCUT2D eigenvalue weighted by Gasteiger charge is -2.24. The molecule has 0 aromatic heterocycles. The van der Waals surface area contributed by atoms with E-state index < -0.39 is 10.0 Å². The summed E-state index contributed by atoms with van der Waals surface area (Å²) < 4.78 is 27.5. The van der Waals surface area contributed by atoms with E-state index in [-0.39, 0.29) is 17.3 Å². The molecule has 3 aromatic rings. The highest BCUT2D eigenvalue weighted by atomic mass is 32.2. The van der Waals surface area contributed by atoms with Gasteiger partial charge in [-0.15, -0.1) is 0 Å². The summed E-state index contributed by atoms with van der Waals surface area (Å²) in [6.45, 7) is 0.953. The third-order valence-electron chi connectivity index (χ3n) is 4.85. The van der Waals surface area contributed by atoms with Gasteiger partial charge in [0.05, 0.1) is 10.6 Å². The average molecular weight is 438 g/mol. The molecule has 31 heavy (non-hydrogen) atoms. The van der Waals surface area contributed by atoms with E-state index in [2.05, 4.69) is 10.2 Å². The predicted molar refractivity (Wildman–Crippen MR) is 125 cm³/mol. The molecule has 0 unspecified atom stereocenters. The Hall–Kier alpha value is -3.32. The number of benzene rings is 3. The molecule has 162 valence electrons. The Morgan fingerprint density at radius 2 is 1.32 bits per heavy atom. The molecule has 7 heteroatoms. The van der Waals surface area contributed by atoms with Crippen LogP contribution in [-0.2, 0) is 14.8 Å². The van der Waals surface area contributed by atoms with Crippen LogP contribution >= 0.6 is 0 Å². The minimum absolute atomic E-state index is 0.149. The molecule has 0 bridgehead atoms. The van der Waals surface area contributed by atoms with Crippen LogP contribution in [0.1, 0.15) is 6.42 Å². The molecule has 0 aliphatic rings. The first-order chi connectivity index (χ1) is 15.0. The molecule has 6 nitrogen and oxygen atoms in total. The molecule has 1 N–H and O–H groups in total. The number of hydrogen-bond donors (Lipinski definition) is 1. The smallest absolute Gasteiger partial charge is 0.264 e. The standard InChI is InChI=1S/C24H27N3O3S/c1-26(21-12-5-2-6-13-21)19-11-18-25-24(28)20-27(22-14-7-3-8-15-22)31(29,30)23-16-9-4-10-17-23/h2-10,12-17H,11,18-20H2,1H3,(H,25,28). The topological polar surface area (TPSA) is 69.7 Å². The van der Waals surface area contributed by atoms with Gasteiger partial charge in [0, 0.05) is 25.8 Å². The normalized spacial score (nSPS) is 11.0. The molecule has 3 aromatic carbocycles. The maximum absolute atomic E-state index is 13.2. The fraction of sp³-hybridized carbons (Fsp3) is 0.208. The summed E-state index contributed by atoms with van der Waals surface area (Å²) in [6.07, 6.45) is 0.744. The van der Waals surface area contributed by atoms with E-state index in [1.807, 2.05) is 37.4 Å². The van der Waals surface area contributed by atoms with Gasteiger partial charge in [-0.2, -0.15) is 0 Å². The molecule has 1 amide bonds. The van der Waals surface area contributed by atoms with Gasteiger partial charge in [0.15, 0.2) is 0 Å². The Labute approximate surface area is 184 Å². The third-order valence-corrected chi connectivity index (χ3v) is 6.64. The summed E-state index contributed by atoms with van der Waals surface area (Å²) in [5, 5.41) is 2.84. The Bertz CT molecular complexity index is 1060. The SMILES string of the molecule is CN(CCCNC(=O)CN(c1ccccc1)S(=O)(=O)c1ccccc1)c1ccccc1. The zero-order chi connectivity index (χ0) is 22.1. The van der Waals surface area contributed by atoms with Gasteiger partial charge in [-0.25, -0.2) is 8.42 Å². The van der Waals surface area contributed by atoms with Gasteiger partial charge >= 0.3 is 0 Å². The van der Waals surface area contributed by atoms with Crippen LogP contribution in [0, 0.1) is 0 Å². The fourth-order valence-electron chi connectivity index (χ4n) is 3.17. The van der Waals surface area contributed by atoms with E-state index in [0.717, 1.165) is 23.0 Å². The van der Waals surface area contributed by atoms with Crippen LogP contribution in [0.25, 0.3) is 0 Å². The van der Waals surface area contributed by atoms with E-state index in [0.29, 0.717) is 12.2 Å². The van der Waals surface area contributed by atoms with Crippen LogP contribution in [0.2, 0.25) is 0 Å². The van der Waals surface area contributed by atoms with Gasteiger partial charge in [0.1, 0.15) is 6.54 Å². The molecule has 0 spiro atoms. The number of nitrogens with one attached hydrogen (secondary N) is 1. The Balaban J connectivity index is 1.62. The molecule has 3 rings (SSSR count). The molecule has 0 aliphatic heterocycles. The summed E-state index contributed by atoms with van der Waals surface area (Å²) in [5.74, 6) is -0.342. The number of amides is 1. The minimum Gasteiger partial charge on any atom is -0.375 e. The average Bonchev–Trinajstić information content (AvgIpc) is 2.81. The molecule has 0 saturated carbocycles. The zero-order valence-electron chi connectivity index (χ0n) is 17.5. The summed E-state index contributed by atoms with van der Waals surface area (Å²) in [6, 6.07) is 26.8. The lowest BCUT2D eigenvalue weighted by atomic mass is 10.3. The van der Waals surface area contributed by atoms with Gasteiger partial charge in [-0.05, 0) is 42.8 Å². The van der Waals surface area contributed by atoms with Crippen LogP contribution in [0.15, 0.2) is 95.9 Å². The van der Waals surface area contributed by atoms with Crippen molar-refractivity contribution in [1.29, 1.82) is 0 Å². The quantitative estimate of drug-likeness (QED) is 0.493. The lowest BCUT2D eigenvalue weighted by Crippen LogP contribution is -2.41. The van der Waals surface area contributed by atoms with E-state index in [1.54, 1.807) is 48.5 Å². The monoisotopic (exact) mass is 437 g/mol. The van der Waals surface area contributed by atoms with Crippen LogP contribution in [0.5, 0.6) is 0 Å². The second-order valence-corrected chi connectivity index (χ2v) is 8.98. The van der Waals surface area contributed by atoms with E-state index >= 15 is 0 Å². The maximum Gasteiger partial charge on any atom is 0.264 e. The van der Waals surface area contributed by atoms with Gasteiger partial charge in [-0.1, -0.05) is 54.6 Å². The van der Waals surface area contributed by atoms with Crippen molar-refractivity contribution in [3.8, 4) is 0 Å². The minimum atomic E-state index is -3.86.